The highest BCUT2D eigenvalue weighted by atomic mass is 79.9. The Hall–Kier alpha value is -1.56. The number of piperidine rings is 1. The molecule has 5 heteroatoms. The number of hydrogen-bond acceptors (Lipinski definition) is 4. The molecule has 1 heterocycles. The number of nitrogens with one attached hydrogen (secondary N) is 2. The van der Waals surface area contributed by atoms with Crippen LogP contribution in [0.15, 0.2) is 40.9 Å². The van der Waals surface area contributed by atoms with E-state index in [0.717, 1.165) is 53.6 Å². The van der Waals surface area contributed by atoms with Crippen molar-refractivity contribution in [1.82, 2.24) is 10.6 Å². The summed E-state index contributed by atoms with van der Waals surface area (Å²) in [5.74, 6) is 2.28. The van der Waals surface area contributed by atoms with Crippen LogP contribution < -0.4 is 20.1 Å². The number of benzene rings is 2. The normalized spacial score (nSPS) is 14.9. The minimum atomic E-state index is 0.516. The van der Waals surface area contributed by atoms with Crippen molar-refractivity contribution in [2.75, 3.05) is 26.7 Å². The third kappa shape index (κ3) is 5.96. The van der Waals surface area contributed by atoms with Gasteiger partial charge in [0.2, 0.25) is 0 Å². The summed E-state index contributed by atoms with van der Waals surface area (Å²) in [6.45, 7) is 6.77. The first-order valence-electron chi connectivity index (χ1n) is 9.62. The molecule has 2 N–H and O–H groups in total. The van der Waals surface area contributed by atoms with Gasteiger partial charge in [0.25, 0.3) is 0 Å². The van der Waals surface area contributed by atoms with Crippen molar-refractivity contribution in [3.8, 4) is 11.5 Å². The van der Waals surface area contributed by atoms with Gasteiger partial charge in [0.05, 0.1) is 11.6 Å². The molecule has 4 nitrogen and oxygen atoms in total. The molecule has 0 unspecified atom stereocenters. The standard InChI is InChI=1S/C22H29BrN2O2/c1-16-3-5-18(6-4-16)15-27-22-20(23)11-19(12-21(22)26-2)14-25-13-17-7-9-24-10-8-17/h3-6,11-12,17,24-25H,7-10,13-15H2,1-2H3. The van der Waals surface area contributed by atoms with E-state index in [1.807, 2.05) is 0 Å². The first-order chi connectivity index (χ1) is 13.2. The number of halogens is 1. The lowest BCUT2D eigenvalue weighted by Crippen LogP contribution is -2.33. The van der Waals surface area contributed by atoms with E-state index < -0.39 is 0 Å². The molecule has 27 heavy (non-hydrogen) atoms. The lowest BCUT2D eigenvalue weighted by Gasteiger charge is -2.23. The van der Waals surface area contributed by atoms with Crippen molar-refractivity contribution >= 4 is 15.9 Å². The molecule has 1 fully saturated rings. The van der Waals surface area contributed by atoms with Gasteiger partial charge in [0.1, 0.15) is 6.61 Å². The van der Waals surface area contributed by atoms with Crippen molar-refractivity contribution in [1.29, 1.82) is 0 Å². The van der Waals surface area contributed by atoms with Crippen LogP contribution in [0.1, 0.15) is 29.5 Å². The van der Waals surface area contributed by atoms with E-state index in [9.17, 15) is 0 Å². The molecule has 0 atom stereocenters. The van der Waals surface area contributed by atoms with Gasteiger partial charge in [-0.2, -0.15) is 0 Å². The molecule has 3 rings (SSSR count). The van der Waals surface area contributed by atoms with E-state index in [0.29, 0.717) is 6.61 Å². The molecule has 0 amide bonds. The van der Waals surface area contributed by atoms with Crippen LogP contribution >= 0.6 is 15.9 Å². The summed E-state index contributed by atoms with van der Waals surface area (Å²) >= 11 is 3.65. The van der Waals surface area contributed by atoms with E-state index in [2.05, 4.69) is 69.9 Å². The van der Waals surface area contributed by atoms with Gasteiger partial charge in [0.15, 0.2) is 11.5 Å². The summed E-state index contributed by atoms with van der Waals surface area (Å²) in [6, 6.07) is 12.6. The van der Waals surface area contributed by atoms with Crippen LogP contribution in [0.3, 0.4) is 0 Å². The highest BCUT2D eigenvalue weighted by Crippen LogP contribution is 2.37. The number of ether oxygens (including phenoxy) is 2. The highest BCUT2D eigenvalue weighted by molar-refractivity contribution is 9.10. The van der Waals surface area contributed by atoms with Crippen LogP contribution in [0.25, 0.3) is 0 Å². The van der Waals surface area contributed by atoms with Gasteiger partial charge in [-0.3, -0.25) is 0 Å². The molecule has 0 radical (unpaired) electrons. The molecule has 0 spiro atoms. The second kappa shape index (κ2) is 10.1. The molecule has 146 valence electrons. The van der Waals surface area contributed by atoms with Gasteiger partial charge in [0, 0.05) is 6.54 Å². The molecule has 2 aromatic carbocycles. The van der Waals surface area contributed by atoms with Crippen molar-refractivity contribution < 1.29 is 9.47 Å². The summed E-state index contributed by atoms with van der Waals surface area (Å²) in [6.07, 6.45) is 2.51. The Kier molecular flexibility index (Phi) is 7.56. The molecule has 1 saturated heterocycles. The number of methoxy groups -OCH3 is 1. The van der Waals surface area contributed by atoms with Crippen LogP contribution in [0, 0.1) is 12.8 Å². The Morgan fingerprint density at radius 2 is 1.85 bits per heavy atom. The lowest BCUT2D eigenvalue weighted by atomic mass is 9.98. The summed E-state index contributed by atoms with van der Waals surface area (Å²) in [7, 11) is 1.69. The van der Waals surface area contributed by atoms with E-state index in [1.165, 1.54) is 24.0 Å². The molecule has 0 aromatic heterocycles. The maximum absolute atomic E-state index is 6.04. The summed E-state index contributed by atoms with van der Waals surface area (Å²) in [4.78, 5) is 0. The molecular weight excluding hydrogens is 404 g/mol. The number of aryl methyl sites for hydroxylation is 1. The third-order valence-electron chi connectivity index (χ3n) is 5.01. The first kappa shape index (κ1) is 20.2. The zero-order chi connectivity index (χ0) is 19.1. The highest BCUT2D eigenvalue weighted by Gasteiger charge is 2.14. The zero-order valence-electron chi connectivity index (χ0n) is 16.2. The van der Waals surface area contributed by atoms with Crippen LogP contribution in [0.5, 0.6) is 11.5 Å². The third-order valence-corrected chi connectivity index (χ3v) is 5.60. The van der Waals surface area contributed by atoms with E-state index in [4.69, 9.17) is 9.47 Å². The summed E-state index contributed by atoms with van der Waals surface area (Å²) in [5, 5.41) is 7.00. The zero-order valence-corrected chi connectivity index (χ0v) is 17.8. The second-order valence-corrected chi connectivity index (χ2v) is 8.06. The van der Waals surface area contributed by atoms with Gasteiger partial charge < -0.3 is 20.1 Å². The first-order valence-corrected chi connectivity index (χ1v) is 10.4. The van der Waals surface area contributed by atoms with Gasteiger partial charge in [-0.25, -0.2) is 0 Å². The molecule has 0 bridgehead atoms. The Morgan fingerprint density at radius 1 is 1.11 bits per heavy atom. The van der Waals surface area contributed by atoms with Gasteiger partial charge >= 0.3 is 0 Å². The monoisotopic (exact) mass is 432 g/mol. The van der Waals surface area contributed by atoms with E-state index in [1.54, 1.807) is 7.11 Å². The molecular formula is C22H29BrN2O2. The minimum Gasteiger partial charge on any atom is -0.493 e. The topological polar surface area (TPSA) is 42.5 Å². The minimum absolute atomic E-state index is 0.516. The predicted octanol–water partition coefficient (Wildman–Crippen LogP) is 4.43. The van der Waals surface area contributed by atoms with Crippen LogP contribution in [0.4, 0.5) is 0 Å². The fourth-order valence-electron chi connectivity index (χ4n) is 3.36. The smallest absolute Gasteiger partial charge is 0.175 e. The van der Waals surface area contributed by atoms with Gasteiger partial charge in [-0.1, -0.05) is 29.8 Å². The molecule has 1 aliphatic rings. The Balaban J connectivity index is 1.59. The van der Waals surface area contributed by atoms with Crippen LogP contribution in [0.2, 0.25) is 0 Å². The maximum Gasteiger partial charge on any atom is 0.175 e. The van der Waals surface area contributed by atoms with Crippen molar-refractivity contribution in [3.05, 3.63) is 57.6 Å². The molecule has 2 aromatic rings. The lowest BCUT2D eigenvalue weighted by molar-refractivity contribution is 0.282. The summed E-state index contributed by atoms with van der Waals surface area (Å²) < 4.78 is 12.5. The van der Waals surface area contributed by atoms with Crippen molar-refractivity contribution in [2.45, 2.75) is 32.9 Å². The Morgan fingerprint density at radius 3 is 2.56 bits per heavy atom. The average Bonchev–Trinajstić information content (AvgIpc) is 2.69. The van der Waals surface area contributed by atoms with E-state index >= 15 is 0 Å². The fourth-order valence-corrected chi connectivity index (χ4v) is 3.97. The predicted molar refractivity (Wildman–Crippen MR) is 114 cm³/mol. The van der Waals surface area contributed by atoms with E-state index in [-0.39, 0.29) is 0 Å². The second-order valence-electron chi connectivity index (χ2n) is 7.21. The van der Waals surface area contributed by atoms with Crippen LogP contribution in [-0.4, -0.2) is 26.7 Å². The quantitative estimate of drug-likeness (QED) is 0.646. The Labute approximate surface area is 170 Å². The number of hydrogen-bond donors (Lipinski definition) is 2. The van der Waals surface area contributed by atoms with Crippen LogP contribution in [-0.2, 0) is 13.2 Å². The van der Waals surface area contributed by atoms with Gasteiger partial charge in [-0.05, 0) is 84.5 Å². The SMILES string of the molecule is COc1cc(CNCC2CCNCC2)cc(Br)c1OCc1ccc(C)cc1. The maximum atomic E-state index is 6.04. The molecule has 1 aliphatic heterocycles. The van der Waals surface area contributed by atoms with Crippen molar-refractivity contribution in [2.24, 2.45) is 5.92 Å². The molecule has 0 aliphatic carbocycles. The number of rotatable bonds is 8. The fraction of sp³-hybridized carbons (Fsp3) is 0.455. The molecule has 0 saturated carbocycles. The van der Waals surface area contributed by atoms with Crippen molar-refractivity contribution in [3.63, 3.8) is 0 Å². The largest absolute Gasteiger partial charge is 0.493 e. The Bertz CT molecular complexity index is 728. The summed E-state index contributed by atoms with van der Waals surface area (Å²) in [5.41, 5.74) is 3.58. The van der Waals surface area contributed by atoms with Gasteiger partial charge in [-0.15, -0.1) is 0 Å². The average molecular weight is 433 g/mol.